The summed E-state index contributed by atoms with van der Waals surface area (Å²) in [5, 5.41) is 6.73. The van der Waals surface area contributed by atoms with E-state index < -0.39 is 0 Å². The molecular formula is C12H14N6O2. The summed E-state index contributed by atoms with van der Waals surface area (Å²) in [6.07, 6.45) is 3.51. The van der Waals surface area contributed by atoms with Gasteiger partial charge in [-0.25, -0.2) is 20.2 Å². The van der Waals surface area contributed by atoms with Crippen molar-refractivity contribution >= 4 is 23.5 Å². The number of hydrogen-bond acceptors (Lipinski definition) is 5. The largest absolute Gasteiger partial charge is 0.336 e. The number of hydrogen-bond donors (Lipinski definition) is 2. The number of carbonyl (C=O) groups is 2. The second kappa shape index (κ2) is 4.87. The third kappa shape index (κ3) is 2.20. The molecule has 1 atom stereocenters. The molecule has 1 unspecified atom stereocenters. The average Bonchev–Trinajstić information content (AvgIpc) is 2.85. The topological polar surface area (TPSA) is 99.6 Å². The van der Waals surface area contributed by atoms with E-state index in [9.17, 15) is 9.59 Å². The summed E-state index contributed by atoms with van der Waals surface area (Å²) in [5.74, 6) is 0.412. The predicted octanol–water partition coefficient (Wildman–Crippen LogP) is -0.134. The highest BCUT2D eigenvalue weighted by molar-refractivity contribution is 6.04. The second-order valence-corrected chi connectivity index (χ2v) is 4.78. The van der Waals surface area contributed by atoms with Gasteiger partial charge in [0.15, 0.2) is 5.82 Å². The number of rotatable bonds is 2. The smallest absolute Gasteiger partial charge is 0.323 e. The van der Waals surface area contributed by atoms with Gasteiger partial charge in [0.25, 0.3) is 0 Å². The molecule has 0 aromatic carbocycles. The van der Waals surface area contributed by atoms with Crippen LogP contribution in [0.1, 0.15) is 19.0 Å². The molecule has 3 heterocycles. The van der Waals surface area contributed by atoms with Gasteiger partial charge in [0.05, 0.1) is 18.1 Å². The minimum atomic E-state index is -0.164. The summed E-state index contributed by atoms with van der Waals surface area (Å²) in [5.41, 5.74) is 3.76. The van der Waals surface area contributed by atoms with Crippen LogP contribution in [-0.4, -0.2) is 40.7 Å². The maximum atomic E-state index is 11.5. The van der Waals surface area contributed by atoms with Gasteiger partial charge in [0.2, 0.25) is 5.91 Å². The van der Waals surface area contributed by atoms with Crippen molar-refractivity contribution in [2.75, 3.05) is 18.0 Å². The quantitative estimate of drug-likeness (QED) is 0.784. The molecule has 1 aromatic heterocycles. The first-order chi connectivity index (χ1) is 9.65. The summed E-state index contributed by atoms with van der Waals surface area (Å²) in [6.45, 7) is 3.11. The highest BCUT2D eigenvalue weighted by Gasteiger charge is 2.25. The number of urea groups is 1. The van der Waals surface area contributed by atoms with Crippen LogP contribution >= 0.6 is 0 Å². The summed E-state index contributed by atoms with van der Waals surface area (Å²) < 4.78 is 0. The Balaban J connectivity index is 1.83. The van der Waals surface area contributed by atoms with Crippen molar-refractivity contribution < 1.29 is 9.59 Å². The molecule has 0 radical (unpaired) electrons. The molecule has 2 aliphatic rings. The number of anilines is 1. The Kier molecular flexibility index (Phi) is 3.05. The standard InChI is InChI=1S/C12H14N6O2/c1-7-4-10(19)16-17-11(7)8-5-15-9(6-14-8)18-3-2-13-12(18)20/h5-7H,2-4H2,1H3,(H,13,20)(H,16,19). The molecule has 3 rings (SSSR count). The molecule has 104 valence electrons. The van der Waals surface area contributed by atoms with Crippen LogP contribution in [0.15, 0.2) is 17.5 Å². The second-order valence-electron chi connectivity index (χ2n) is 4.78. The molecule has 0 aliphatic carbocycles. The van der Waals surface area contributed by atoms with Crippen LogP contribution in [0, 0.1) is 5.92 Å². The zero-order valence-corrected chi connectivity index (χ0v) is 11.0. The van der Waals surface area contributed by atoms with Gasteiger partial charge in [0.1, 0.15) is 5.69 Å². The molecular weight excluding hydrogens is 260 g/mol. The first kappa shape index (κ1) is 12.5. The van der Waals surface area contributed by atoms with Crippen molar-refractivity contribution in [3.05, 3.63) is 18.1 Å². The number of carbonyl (C=O) groups excluding carboxylic acids is 2. The molecule has 2 aliphatic heterocycles. The van der Waals surface area contributed by atoms with Crippen LogP contribution in [-0.2, 0) is 4.79 Å². The van der Waals surface area contributed by atoms with E-state index in [2.05, 4.69) is 25.8 Å². The van der Waals surface area contributed by atoms with Crippen molar-refractivity contribution in [1.82, 2.24) is 20.7 Å². The van der Waals surface area contributed by atoms with Crippen molar-refractivity contribution in [2.45, 2.75) is 13.3 Å². The molecule has 1 aromatic rings. The minimum Gasteiger partial charge on any atom is -0.336 e. The first-order valence-electron chi connectivity index (χ1n) is 6.39. The van der Waals surface area contributed by atoms with Crippen LogP contribution < -0.4 is 15.6 Å². The molecule has 1 saturated heterocycles. The van der Waals surface area contributed by atoms with Crippen LogP contribution in [0.4, 0.5) is 10.6 Å². The van der Waals surface area contributed by atoms with Gasteiger partial charge in [-0.05, 0) is 0 Å². The van der Waals surface area contributed by atoms with Gasteiger partial charge in [0, 0.05) is 25.4 Å². The molecule has 0 saturated carbocycles. The number of hydrazone groups is 1. The molecule has 0 spiro atoms. The maximum absolute atomic E-state index is 11.5. The zero-order chi connectivity index (χ0) is 14.1. The third-order valence-corrected chi connectivity index (χ3v) is 3.29. The summed E-state index contributed by atoms with van der Waals surface area (Å²) >= 11 is 0. The molecule has 20 heavy (non-hydrogen) atoms. The van der Waals surface area contributed by atoms with Crippen LogP contribution in [0.3, 0.4) is 0 Å². The third-order valence-electron chi connectivity index (χ3n) is 3.29. The van der Waals surface area contributed by atoms with E-state index in [0.29, 0.717) is 36.7 Å². The van der Waals surface area contributed by atoms with Gasteiger partial charge in [-0.3, -0.25) is 9.69 Å². The average molecular weight is 274 g/mol. The monoisotopic (exact) mass is 274 g/mol. The van der Waals surface area contributed by atoms with E-state index in [-0.39, 0.29) is 17.9 Å². The Labute approximate surface area is 115 Å². The lowest BCUT2D eigenvalue weighted by Gasteiger charge is -2.18. The summed E-state index contributed by atoms with van der Waals surface area (Å²) in [4.78, 5) is 32.8. The number of aromatic nitrogens is 2. The number of amides is 3. The van der Waals surface area contributed by atoms with Crippen molar-refractivity contribution in [3.8, 4) is 0 Å². The summed E-state index contributed by atoms with van der Waals surface area (Å²) in [7, 11) is 0. The van der Waals surface area contributed by atoms with E-state index in [1.54, 1.807) is 12.4 Å². The summed E-state index contributed by atoms with van der Waals surface area (Å²) in [6, 6.07) is -0.164. The van der Waals surface area contributed by atoms with E-state index >= 15 is 0 Å². The lowest BCUT2D eigenvalue weighted by molar-refractivity contribution is -0.121. The van der Waals surface area contributed by atoms with Gasteiger partial charge < -0.3 is 5.32 Å². The van der Waals surface area contributed by atoms with Gasteiger partial charge in [-0.15, -0.1) is 0 Å². The lowest BCUT2D eigenvalue weighted by atomic mass is 9.98. The fraction of sp³-hybridized carbons (Fsp3) is 0.417. The van der Waals surface area contributed by atoms with Crippen molar-refractivity contribution in [1.29, 1.82) is 0 Å². The molecule has 0 bridgehead atoms. The molecule has 2 N–H and O–H groups in total. The maximum Gasteiger partial charge on any atom is 0.323 e. The highest BCUT2D eigenvalue weighted by Crippen LogP contribution is 2.17. The van der Waals surface area contributed by atoms with E-state index in [1.165, 1.54) is 4.90 Å². The predicted molar refractivity (Wildman–Crippen MR) is 71.2 cm³/mol. The SMILES string of the molecule is CC1CC(=O)NN=C1c1cnc(N2CCNC2=O)cn1. The minimum absolute atomic E-state index is 0.000940. The van der Waals surface area contributed by atoms with Gasteiger partial charge >= 0.3 is 6.03 Å². The van der Waals surface area contributed by atoms with E-state index in [4.69, 9.17) is 0 Å². The Morgan fingerprint density at radius 2 is 2.15 bits per heavy atom. The fourth-order valence-electron chi connectivity index (χ4n) is 2.25. The number of nitrogens with zero attached hydrogens (tertiary/aromatic N) is 4. The van der Waals surface area contributed by atoms with Gasteiger partial charge in [-0.1, -0.05) is 6.92 Å². The molecule has 8 heteroatoms. The molecule has 1 fully saturated rings. The van der Waals surface area contributed by atoms with Crippen LogP contribution in [0.5, 0.6) is 0 Å². The zero-order valence-electron chi connectivity index (χ0n) is 11.0. The van der Waals surface area contributed by atoms with Gasteiger partial charge in [-0.2, -0.15) is 5.10 Å². The Bertz CT molecular complexity index is 582. The van der Waals surface area contributed by atoms with Crippen LogP contribution in [0.2, 0.25) is 0 Å². The normalized spacial score (nSPS) is 22.4. The van der Waals surface area contributed by atoms with Crippen molar-refractivity contribution in [3.63, 3.8) is 0 Å². The number of nitrogens with one attached hydrogen (secondary N) is 2. The molecule has 8 nitrogen and oxygen atoms in total. The highest BCUT2D eigenvalue weighted by atomic mass is 16.2. The molecule has 3 amide bonds. The van der Waals surface area contributed by atoms with Crippen molar-refractivity contribution in [2.24, 2.45) is 11.0 Å². The van der Waals surface area contributed by atoms with Crippen LogP contribution in [0.25, 0.3) is 0 Å². The first-order valence-corrected chi connectivity index (χ1v) is 6.39. The Morgan fingerprint density at radius 3 is 2.75 bits per heavy atom. The Hall–Kier alpha value is -2.51. The Morgan fingerprint density at radius 1 is 1.30 bits per heavy atom. The lowest BCUT2D eigenvalue weighted by Crippen LogP contribution is -2.33. The van der Waals surface area contributed by atoms with E-state index in [0.717, 1.165) is 0 Å². The van der Waals surface area contributed by atoms with E-state index in [1.807, 2.05) is 6.92 Å². The fourth-order valence-corrected chi connectivity index (χ4v) is 2.25.